The Hall–Kier alpha value is -4.06. The molecule has 0 aliphatic heterocycles. The van der Waals surface area contributed by atoms with E-state index in [-0.39, 0.29) is 12.4 Å². The van der Waals surface area contributed by atoms with Gasteiger partial charge in [0.25, 0.3) is 0 Å². The SMILES string of the molecule is COc1cc(/C=N\Nc2ccc(C(F)(F)F)cn2)ccc1OCc1ccccc1C#N. The summed E-state index contributed by atoms with van der Waals surface area (Å²) in [5.74, 6) is 1.13. The highest BCUT2D eigenvalue weighted by molar-refractivity contribution is 5.81. The van der Waals surface area contributed by atoms with Gasteiger partial charge in [0.15, 0.2) is 11.5 Å². The van der Waals surface area contributed by atoms with Crippen LogP contribution in [0, 0.1) is 11.3 Å². The number of ether oxygens (including phenoxy) is 2. The van der Waals surface area contributed by atoms with Crippen molar-refractivity contribution in [2.45, 2.75) is 12.8 Å². The maximum absolute atomic E-state index is 12.6. The quantitative estimate of drug-likeness (QED) is 0.425. The second-order valence-corrected chi connectivity index (χ2v) is 6.27. The van der Waals surface area contributed by atoms with Crippen LogP contribution in [0.5, 0.6) is 11.5 Å². The van der Waals surface area contributed by atoms with Crippen LogP contribution >= 0.6 is 0 Å². The lowest BCUT2D eigenvalue weighted by Gasteiger charge is -2.12. The maximum atomic E-state index is 12.6. The van der Waals surface area contributed by atoms with E-state index in [4.69, 9.17) is 14.7 Å². The van der Waals surface area contributed by atoms with Crippen molar-refractivity contribution in [1.82, 2.24) is 4.98 Å². The zero-order valence-corrected chi connectivity index (χ0v) is 16.3. The van der Waals surface area contributed by atoms with E-state index in [1.54, 1.807) is 30.3 Å². The summed E-state index contributed by atoms with van der Waals surface area (Å²) >= 11 is 0. The Morgan fingerprint density at radius 2 is 1.94 bits per heavy atom. The highest BCUT2D eigenvalue weighted by Crippen LogP contribution is 2.30. The minimum Gasteiger partial charge on any atom is -0.493 e. The van der Waals surface area contributed by atoms with Crippen LogP contribution in [0.15, 0.2) is 65.9 Å². The van der Waals surface area contributed by atoms with Crippen molar-refractivity contribution < 1.29 is 22.6 Å². The normalized spacial score (nSPS) is 11.2. The van der Waals surface area contributed by atoms with Crippen LogP contribution < -0.4 is 14.9 Å². The molecule has 3 aromatic rings. The number of aromatic nitrogens is 1. The number of hydrogen-bond donors (Lipinski definition) is 1. The number of hydrogen-bond acceptors (Lipinski definition) is 6. The lowest BCUT2D eigenvalue weighted by atomic mass is 10.1. The summed E-state index contributed by atoms with van der Waals surface area (Å²) < 4.78 is 48.8. The van der Waals surface area contributed by atoms with Gasteiger partial charge in [0.2, 0.25) is 0 Å². The van der Waals surface area contributed by atoms with Gasteiger partial charge in [-0.2, -0.15) is 23.5 Å². The summed E-state index contributed by atoms with van der Waals surface area (Å²) in [6.45, 7) is 0.203. The largest absolute Gasteiger partial charge is 0.493 e. The van der Waals surface area contributed by atoms with Gasteiger partial charge in [-0.1, -0.05) is 18.2 Å². The van der Waals surface area contributed by atoms with Crippen LogP contribution in [0.1, 0.15) is 22.3 Å². The van der Waals surface area contributed by atoms with Gasteiger partial charge in [0.1, 0.15) is 12.4 Å². The molecule has 3 rings (SSSR count). The molecule has 0 saturated carbocycles. The Balaban J connectivity index is 1.65. The van der Waals surface area contributed by atoms with Gasteiger partial charge < -0.3 is 9.47 Å². The van der Waals surface area contributed by atoms with Gasteiger partial charge in [-0.3, -0.25) is 5.43 Å². The highest BCUT2D eigenvalue weighted by Gasteiger charge is 2.30. The highest BCUT2D eigenvalue weighted by atomic mass is 19.4. The van der Waals surface area contributed by atoms with Crippen molar-refractivity contribution in [2.24, 2.45) is 5.10 Å². The Morgan fingerprint density at radius 3 is 2.61 bits per heavy atom. The fourth-order valence-corrected chi connectivity index (χ4v) is 2.60. The molecule has 0 radical (unpaired) electrons. The molecule has 0 spiro atoms. The molecule has 0 atom stereocenters. The van der Waals surface area contributed by atoms with Crippen LogP contribution in [0.3, 0.4) is 0 Å². The van der Waals surface area contributed by atoms with Crippen molar-refractivity contribution in [3.05, 3.63) is 83.0 Å². The predicted molar refractivity (Wildman–Crippen MR) is 109 cm³/mol. The van der Waals surface area contributed by atoms with E-state index in [0.29, 0.717) is 22.6 Å². The number of anilines is 1. The van der Waals surface area contributed by atoms with E-state index in [1.165, 1.54) is 19.4 Å². The molecule has 0 aliphatic carbocycles. The first-order chi connectivity index (χ1) is 14.9. The van der Waals surface area contributed by atoms with Crippen molar-refractivity contribution in [3.63, 3.8) is 0 Å². The number of methoxy groups -OCH3 is 1. The second-order valence-electron chi connectivity index (χ2n) is 6.27. The summed E-state index contributed by atoms with van der Waals surface area (Å²) in [6, 6.07) is 16.5. The van der Waals surface area contributed by atoms with Crippen LogP contribution in [-0.2, 0) is 12.8 Å². The molecule has 1 aromatic heterocycles. The van der Waals surface area contributed by atoms with Crippen molar-refractivity contribution in [3.8, 4) is 17.6 Å². The number of halogens is 3. The van der Waals surface area contributed by atoms with Gasteiger partial charge >= 0.3 is 6.18 Å². The number of hydrazone groups is 1. The molecule has 6 nitrogen and oxygen atoms in total. The third-order valence-electron chi connectivity index (χ3n) is 4.19. The molecule has 0 saturated heterocycles. The van der Waals surface area contributed by atoms with Crippen molar-refractivity contribution in [2.75, 3.05) is 12.5 Å². The molecular formula is C22H17F3N4O2. The average molecular weight is 426 g/mol. The van der Waals surface area contributed by atoms with Crippen molar-refractivity contribution >= 4 is 12.0 Å². The van der Waals surface area contributed by atoms with E-state index >= 15 is 0 Å². The number of alkyl halides is 3. The third-order valence-corrected chi connectivity index (χ3v) is 4.19. The predicted octanol–water partition coefficient (Wildman–Crippen LogP) is 5.01. The van der Waals surface area contributed by atoms with Gasteiger partial charge in [0, 0.05) is 11.8 Å². The molecule has 0 fully saturated rings. The fraction of sp³-hybridized carbons (Fsp3) is 0.136. The van der Waals surface area contributed by atoms with Gasteiger partial charge in [-0.25, -0.2) is 4.98 Å². The van der Waals surface area contributed by atoms with Crippen molar-refractivity contribution in [1.29, 1.82) is 5.26 Å². The fourth-order valence-electron chi connectivity index (χ4n) is 2.60. The summed E-state index contributed by atoms with van der Waals surface area (Å²) in [4.78, 5) is 3.68. The third kappa shape index (κ3) is 5.73. The topological polar surface area (TPSA) is 79.5 Å². The zero-order valence-electron chi connectivity index (χ0n) is 16.3. The number of benzene rings is 2. The number of nitrogens with one attached hydrogen (secondary N) is 1. The molecule has 0 amide bonds. The first kappa shape index (κ1) is 21.6. The summed E-state index contributed by atoms with van der Waals surface area (Å²) in [5.41, 5.74) is 3.70. The molecule has 9 heteroatoms. The molecule has 0 aliphatic rings. The van der Waals surface area contributed by atoms with E-state index < -0.39 is 11.7 Å². The second kappa shape index (κ2) is 9.63. The number of nitriles is 1. The minimum absolute atomic E-state index is 0.173. The molecular weight excluding hydrogens is 409 g/mol. The van der Waals surface area contributed by atoms with E-state index in [9.17, 15) is 13.2 Å². The minimum atomic E-state index is -4.44. The van der Waals surface area contributed by atoms with E-state index in [0.717, 1.165) is 17.8 Å². The molecule has 31 heavy (non-hydrogen) atoms. The molecule has 158 valence electrons. The van der Waals surface area contributed by atoms with Gasteiger partial charge in [0.05, 0.1) is 30.5 Å². The monoisotopic (exact) mass is 426 g/mol. The maximum Gasteiger partial charge on any atom is 0.417 e. The molecule has 2 aromatic carbocycles. The smallest absolute Gasteiger partial charge is 0.417 e. The number of nitrogens with zero attached hydrogens (tertiary/aromatic N) is 3. The Bertz CT molecular complexity index is 1110. The Morgan fingerprint density at radius 1 is 1.13 bits per heavy atom. The summed E-state index contributed by atoms with van der Waals surface area (Å²) in [7, 11) is 1.50. The van der Waals surface area contributed by atoms with E-state index in [1.807, 2.05) is 12.1 Å². The standard InChI is InChI=1S/C22H17F3N4O2/c1-30-20-10-15(12-28-29-21-9-7-18(13-27-21)22(23,24)25)6-8-19(20)31-14-17-5-3-2-4-16(17)11-26/h2-10,12-13H,14H2,1H3,(H,27,29)/b28-12-. The van der Waals surface area contributed by atoms with Crippen LogP contribution in [0.4, 0.5) is 19.0 Å². The van der Waals surface area contributed by atoms with Gasteiger partial charge in [-0.05, 0) is 42.0 Å². The molecule has 1 N–H and O–H groups in total. The van der Waals surface area contributed by atoms with Crippen LogP contribution in [0.2, 0.25) is 0 Å². The average Bonchev–Trinajstić information content (AvgIpc) is 2.78. The van der Waals surface area contributed by atoms with Gasteiger partial charge in [-0.15, -0.1) is 0 Å². The lowest BCUT2D eigenvalue weighted by Crippen LogP contribution is -2.05. The number of pyridine rings is 1. The molecule has 0 bridgehead atoms. The Kier molecular flexibility index (Phi) is 6.72. The van der Waals surface area contributed by atoms with E-state index in [2.05, 4.69) is 21.6 Å². The molecule has 0 unspecified atom stereocenters. The zero-order chi connectivity index (χ0) is 22.3. The molecule has 1 heterocycles. The Labute approximate surface area is 176 Å². The van der Waals surface area contributed by atoms with Crippen LogP contribution in [-0.4, -0.2) is 18.3 Å². The number of rotatable bonds is 7. The van der Waals surface area contributed by atoms with Crippen LogP contribution in [0.25, 0.3) is 0 Å². The first-order valence-corrected chi connectivity index (χ1v) is 9.02. The summed E-state index contributed by atoms with van der Waals surface area (Å²) in [5, 5.41) is 13.1. The summed E-state index contributed by atoms with van der Waals surface area (Å²) in [6.07, 6.45) is -2.24. The first-order valence-electron chi connectivity index (χ1n) is 9.02. The lowest BCUT2D eigenvalue weighted by molar-refractivity contribution is -0.137.